The zero-order valence-corrected chi connectivity index (χ0v) is 7.29. The molecule has 0 aliphatic carbocycles. The van der Waals surface area contributed by atoms with Crippen molar-refractivity contribution >= 4 is 0 Å². The number of aryl methyl sites for hydroxylation is 2. The quantitative estimate of drug-likeness (QED) is 0.655. The number of ether oxygens (including phenoxy) is 1. The van der Waals surface area contributed by atoms with Crippen LogP contribution in [0.15, 0.2) is 6.20 Å². The van der Waals surface area contributed by atoms with Gasteiger partial charge in [0.05, 0.1) is 5.69 Å². The van der Waals surface area contributed by atoms with Crippen molar-refractivity contribution in [3.05, 3.63) is 17.7 Å². The van der Waals surface area contributed by atoms with Crippen molar-refractivity contribution in [3.63, 3.8) is 0 Å². The molecule has 0 amide bonds. The lowest BCUT2D eigenvalue weighted by molar-refractivity contribution is 0.126. The summed E-state index contributed by atoms with van der Waals surface area (Å²) in [5, 5.41) is 0. The van der Waals surface area contributed by atoms with Crippen molar-refractivity contribution in [1.29, 1.82) is 0 Å². The van der Waals surface area contributed by atoms with Crippen LogP contribution in [-0.4, -0.2) is 16.2 Å². The first-order chi connectivity index (χ1) is 5.24. The average Bonchev–Trinajstić information content (AvgIpc) is 2.26. The zero-order valence-electron chi connectivity index (χ0n) is 7.29. The zero-order chi connectivity index (χ0) is 8.27. The fraction of sp³-hybridized carbons (Fsp3) is 0.625. The number of hydrogen-bond donors (Lipinski definition) is 0. The molecule has 62 valence electrons. The predicted molar refractivity (Wildman–Crippen MR) is 43.3 cm³/mol. The first-order valence-electron chi connectivity index (χ1n) is 3.80. The van der Waals surface area contributed by atoms with E-state index in [-0.39, 0.29) is 0 Å². The Morgan fingerprint density at radius 2 is 2.36 bits per heavy atom. The van der Waals surface area contributed by atoms with Crippen molar-refractivity contribution < 1.29 is 4.74 Å². The predicted octanol–water partition coefficient (Wildman–Crippen LogP) is 1.27. The molecule has 1 aromatic heterocycles. The van der Waals surface area contributed by atoms with Gasteiger partial charge >= 0.3 is 0 Å². The van der Waals surface area contributed by atoms with Gasteiger partial charge in [0, 0.05) is 19.9 Å². The smallest absolute Gasteiger partial charge is 0.134 e. The van der Waals surface area contributed by atoms with Gasteiger partial charge in [-0.3, -0.25) is 0 Å². The van der Waals surface area contributed by atoms with Gasteiger partial charge in [-0.05, 0) is 13.8 Å². The molecular weight excluding hydrogens is 140 g/mol. The summed E-state index contributed by atoms with van der Waals surface area (Å²) in [7, 11) is 1.98. The van der Waals surface area contributed by atoms with E-state index in [9.17, 15) is 0 Å². The summed E-state index contributed by atoms with van der Waals surface area (Å²) in [5.41, 5.74) is 1.04. The van der Waals surface area contributed by atoms with Crippen LogP contribution in [0, 0.1) is 6.92 Å². The van der Waals surface area contributed by atoms with E-state index in [4.69, 9.17) is 4.74 Å². The molecule has 0 saturated heterocycles. The van der Waals surface area contributed by atoms with Crippen LogP contribution >= 0.6 is 0 Å². The molecule has 0 aliphatic heterocycles. The second-order valence-electron chi connectivity index (χ2n) is 2.55. The fourth-order valence-corrected chi connectivity index (χ4v) is 0.994. The molecular formula is C8H14N2O. The van der Waals surface area contributed by atoms with E-state index in [1.807, 2.05) is 31.7 Å². The Hall–Kier alpha value is -0.830. The highest BCUT2D eigenvalue weighted by molar-refractivity contribution is 5.00. The molecule has 0 radical (unpaired) electrons. The molecule has 0 bridgehead atoms. The Morgan fingerprint density at radius 1 is 1.64 bits per heavy atom. The second kappa shape index (κ2) is 3.53. The number of hydrogen-bond acceptors (Lipinski definition) is 2. The SMILES string of the molecule is CCOCc1nc(C)cn1C. The maximum absolute atomic E-state index is 5.23. The summed E-state index contributed by atoms with van der Waals surface area (Å²) >= 11 is 0. The van der Waals surface area contributed by atoms with Gasteiger partial charge in [-0.2, -0.15) is 0 Å². The number of nitrogens with zero attached hydrogens (tertiary/aromatic N) is 2. The summed E-state index contributed by atoms with van der Waals surface area (Å²) in [4.78, 5) is 4.29. The molecule has 0 fully saturated rings. The van der Waals surface area contributed by atoms with E-state index < -0.39 is 0 Å². The van der Waals surface area contributed by atoms with Crippen molar-refractivity contribution in [3.8, 4) is 0 Å². The summed E-state index contributed by atoms with van der Waals surface area (Å²) in [6.07, 6.45) is 1.99. The van der Waals surface area contributed by atoms with Gasteiger partial charge in [0.1, 0.15) is 12.4 Å². The fourth-order valence-electron chi connectivity index (χ4n) is 0.994. The Bertz CT molecular complexity index is 230. The van der Waals surface area contributed by atoms with E-state index in [1.54, 1.807) is 0 Å². The van der Waals surface area contributed by atoms with Crippen molar-refractivity contribution in [2.45, 2.75) is 20.5 Å². The Morgan fingerprint density at radius 3 is 2.82 bits per heavy atom. The van der Waals surface area contributed by atoms with Gasteiger partial charge < -0.3 is 9.30 Å². The molecule has 0 saturated carbocycles. The standard InChI is InChI=1S/C8H14N2O/c1-4-11-6-8-9-7(2)5-10(8)3/h5H,4,6H2,1-3H3. The minimum absolute atomic E-state index is 0.612. The Labute approximate surface area is 67.0 Å². The van der Waals surface area contributed by atoms with Crippen LogP contribution in [0.25, 0.3) is 0 Å². The Kier molecular flexibility index (Phi) is 2.65. The topological polar surface area (TPSA) is 27.1 Å². The highest BCUT2D eigenvalue weighted by Gasteiger charge is 2.00. The molecule has 1 rings (SSSR count). The van der Waals surface area contributed by atoms with E-state index >= 15 is 0 Å². The lowest BCUT2D eigenvalue weighted by Crippen LogP contribution is -2.00. The molecule has 1 heterocycles. The lowest BCUT2D eigenvalue weighted by Gasteiger charge is -1.99. The van der Waals surface area contributed by atoms with Gasteiger partial charge in [0.15, 0.2) is 0 Å². The average molecular weight is 154 g/mol. The maximum atomic E-state index is 5.23. The molecule has 0 atom stereocenters. The molecule has 0 unspecified atom stereocenters. The number of rotatable bonds is 3. The third kappa shape index (κ3) is 2.05. The van der Waals surface area contributed by atoms with Gasteiger partial charge in [0.25, 0.3) is 0 Å². The first kappa shape index (κ1) is 8.27. The van der Waals surface area contributed by atoms with E-state index in [2.05, 4.69) is 4.98 Å². The number of imidazole rings is 1. The van der Waals surface area contributed by atoms with E-state index in [0.29, 0.717) is 6.61 Å². The van der Waals surface area contributed by atoms with Crippen LogP contribution in [0.4, 0.5) is 0 Å². The lowest BCUT2D eigenvalue weighted by atomic mass is 10.6. The van der Waals surface area contributed by atoms with Crippen LogP contribution < -0.4 is 0 Å². The van der Waals surface area contributed by atoms with Gasteiger partial charge in [0.2, 0.25) is 0 Å². The summed E-state index contributed by atoms with van der Waals surface area (Å²) in [6.45, 7) is 5.32. The normalized spacial score (nSPS) is 10.5. The van der Waals surface area contributed by atoms with Crippen molar-refractivity contribution in [2.75, 3.05) is 6.61 Å². The van der Waals surface area contributed by atoms with E-state index in [1.165, 1.54) is 0 Å². The minimum Gasteiger partial charge on any atom is -0.374 e. The third-order valence-corrected chi connectivity index (χ3v) is 1.53. The molecule has 3 nitrogen and oxygen atoms in total. The minimum atomic E-state index is 0.612. The molecule has 1 aromatic rings. The second-order valence-corrected chi connectivity index (χ2v) is 2.55. The summed E-state index contributed by atoms with van der Waals surface area (Å²) in [6, 6.07) is 0. The maximum Gasteiger partial charge on any atom is 0.134 e. The van der Waals surface area contributed by atoms with Crippen LogP contribution in [0.3, 0.4) is 0 Å². The monoisotopic (exact) mass is 154 g/mol. The van der Waals surface area contributed by atoms with Crippen LogP contribution in [0.2, 0.25) is 0 Å². The first-order valence-corrected chi connectivity index (χ1v) is 3.80. The Balaban J connectivity index is 2.62. The van der Waals surface area contributed by atoms with Crippen LogP contribution in [0.5, 0.6) is 0 Å². The molecule has 0 N–H and O–H groups in total. The molecule has 0 aromatic carbocycles. The van der Waals surface area contributed by atoms with Gasteiger partial charge in [-0.15, -0.1) is 0 Å². The highest BCUT2D eigenvalue weighted by atomic mass is 16.5. The molecule has 11 heavy (non-hydrogen) atoms. The molecule has 0 spiro atoms. The van der Waals surface area contributed by atoms with Crippen molar-refractivity contribution in [1.82, 2.24) is 9.55 Å². The van der Waals surface area contributed by atoms with Gasteiger partial charge in [-0.1, -0.05) is 0 Å². The van der Waals surface area contributed by atoms with Crippen LogP contribution in [-0.2, 0) is 18.4 Å². The summed E-state index contributed by atoms with van der Waals surface area (Å²) in [5.74, 6) is 0.990. The largest absolute Gasteiger partial charge is 0.374 e. The molecule has 3 heteroatoms. The molecule has 0 aliphatic rings. The van der Waals surface area contributed by atoms with Crippen molar-refractivity contribution in [2.24, 2.45) is 7.05 Å². The van der Waals surface area contributed by atoms with Crippen LogP contribution in [0.1, 0.15) is 18.4 Å². The highest BCUT2D eigenvalue weighted by Crippen LogP contribution is 2.00. The van der Waals surface area contributed by atoms with E-state index in [0.717, 1.165) is 18.1 Å². The van der Waals surface area contributed by atoms with Gasteiger partial charge in [-0.25, -0.2) is 4.98 Å². The summed E-state index contributed by atoms with van der Waals surface area (Å²) < 4.78 is 7.22. The third-order valence-electron chi connectivity index (χ3n) is 1.53. The number of aromatic nitrogens is 2.